The van der Waals surface area contributed by atoms with Crippen LogP contribution in [0, 0.1) is 6.92 Å². The van der Waals surface area contributed by atoms with Gasteiger partial charge in [-0.05, 0) is 32.4 Å². The van der Waals surface area contributed by atoms with Crippen LogP contribution >= 0.6 is 0 Å². The van der Waals surface area contributed by atoms with Gasteiger partial charge in [-0.15, -0.1) is 0 Å². The molecule has 0 saturated heterocycles. The maximum atomic E-state index is 11.6. The van der Waals surface area contributed by atoms with Gasteiger partial charge in [0.05, 0.1) is 5.56 Å². The molecule has 1 heterocycles. The van der Waals surface area contributed by atoms with Crippen molar-refractivity contribution >= 4 is 11.9 Å². The molecule has 1 rings (SSSR count). The lowest BCUT2D eigenvalue weighted by Gasteiger charge is -2.11. The topological polar surface area (TPSA) is 68.3 Å². The summed E-state index contributed by atoms with van der Waals surface area (Å²) in [6, 6.07) is 3.42. The van der Waals surface area contributed by atoms with Crippen molar-refractivity contribution in [2.75, 3.05) is 6.61 Å². The molecule has 0 aliphatic carbocycles. The van der Waals surface area contributed by atoms with Crippen LogP contribution in [0.4, 0.5) is 0 Å². The minimum absolute atomic E-state index is 0.0808. The Balaban J connectivity index is 2.41. The highest BCUT2D eigenvalue weighted by molar-refractivity contribution is 5.91. The molecule has 1 unspecified atom stereocenters. The molecule has 0 aliphatic rings. The van der Waals surface area contributed by atoms with E-state index in [1.807, 2.05) is 20.8 Å². The number of carbonyl (C=O) groups excluding carboxylic acids is 2. The molecule has 1 aromatic heterocycles. The van der Waals surface area contributed by atoms with Crippen LogP contribution in [-0.4, -0.2) is 29.5 Å². The number of aryl methyl sites for hydroxylation is 1. The van der Waals surface area contributed by atoms with Crippen molar-refractivity contribution in [1.82, 2.24) is 10.3 Å². The van der Waals surface area contributed by atoms with Crippen molar-refractivity contribution in [3.63, 3.8) is 0 Å². The van der Waals surface area contributed by atoms with E-state index in [2.05, 4.69) is 10.3 Å². The zero-order valence-corrected chi connectivity index (χ0v) is 10.9. The number of pyridine rings is 1. The van der Waals surface area contributed by atoms with Gasteiger partial charge in [0, 0.05) is 17.9 Å². The molecule has 0 fully saturated rings. The Hall–Kier alpha value is -1.91. The van der Waals surface area contributed by atoms with Crippen LogP contribution in [0.25, 0.3) is 0 Å². The molecule has 1 aromatic rings. The Bertz CT molecular complexity index is 415. The summed E-state index contributed by atoms with van der Waals surface area (Å²) in [6.07, 6.45) is 2.27. The normalized spacial score (nSPS) is 11.7. The van der Waals surface area contributed by atoms with Gasteiger partial charge >= 0.3 is 5.97 Å². The fourth-order valence-corrected chi connectivity index (χ4v) is 1.22. The number of rotatable bonds is 5. The number of nitrogens with one attached hydrogen (secondary N) is 1. The van der Waals surface area contributed by atoms with Crippen molar-refractivity contribution in [2.24, 2.45) is 0 Å². The second kappa shape index (κ2) is 6.74. The first kappa shape index (κ1) is 14.2. The van der Waals surface area contributed by atoms with Gasteiger partial charge in [0.15, 0.2) is 6.61 Å². The first-order chi connectivity index (χ1) is 8.52. The number of carbonyl (C=O) groups is 2. The monoisotopic (exact) mass is 250 g/mol. The van der Waals surface area contributed by atoms with Crippen molar-refractivity contribution < 1.29 is 14.3 Å². The third-order valence-electron chi connectivity index (χ3n) is 2.50. The molecule has 5 heteroatoms. The van der Waals surface area contributed by atoms with Crippen molar-refractivity contribution in [2.45, 2.75) is 33.2 Å². The number of aromatic nitrogens is 1. The van der Waals surface area contributed by atoms with Crippen LogP contribution < -0.4 is 5.32 Å². The maximum absolute atomic E-state index is 11.6. The molecule has 1 N–H and O–H groups in total. The zero-order valence-electron chi connectivity index (χ0n) is 10.9. The first-order valence-corrected chi connectivity index (χ1v) is 5.92. The van der Waals surface area contributed by atoms with E-state index in [9.17, 15) is 9.59 Å². The lowest BCUT2D eigenvalue weighted by Crippen LogP contribution is -2.35. The summed E-state index contributed by atoms with van der Waals surface area (Å²) >= 11 is 0. The SMILES string of the molecule is CCC(C)NC(=O)COC(=O)c1ccc(C)nc1. The van der Waals surface area contributed by atoms with E-state index in [0.29, 0.717) is 5.56 Å². The highest BCUT2D eigenvalue weighted by atomic mass is 16.5. The van der Waals surface area contributed by atoms with Crippen LogP contribution in [0.3, 0.4) is 0 Å². The molecule has 0 aromatic carbocycles. The van der Waals surface area contributed by atoms with E-state index in [4.69, 9.17) is 4.74 Å². The molecule has 5 nitrogen and oxygen atoms in total. The van der Waals surface area contributed by atoms with E-state index in [-0.39, 0.29) is 18.6 Å². The summed E-state index contributed by atoms with van der Waals surface area (Å²) in [4.78, 5) is 27.0. The molecular weight excluding hydrogens is 232 g/mol. The average molecular weight is 250 g/mol. The van der Waals surface area contributed by atoms with E-state index in [1.165, 1.54) is 6.20 Å². The molecule has 0 radical (unpaired) electrons. The second-order valence-electron chi connectivity index (χ2n) is 4.14. The standard InChI is InChI=1S/C13H18N2O3/c1-4-9(2)15-12(16)8-18-13(17)11-6-5-10(3)14-7-11/h5-7,9H,4,8H2,1-3H3,(H,15,16). The Kier molecular flexibility index (Phi) is 5.30. The summed E-state index contributed by atoms with van der Waals surface area (Å²) in [7, 11) is 0. The fourth-order valence-electron chi connectivity index (χ4n) is 1.22. The lowest BCUT2D eigenvalue weighted by atomic mass is 10.2. The minimum Gasteiger partial charge on any atom is -0.452 e. The van der Waals surface area contributed by atoms with Crippen LogP contribution in [0.15, 0.2) is 18.3 Å². The van der Waals surface area contributed by atoms with Crippen molar-refractivity contribution in [3.8, 4) is 0 Å². The summed E-state index contributed by atoms with van der Waals surface area (Å²) in [6.45, 7) is 5.42. The molecule has 98 valence electrons. The Labute approximate surface area is 107 Å². The zero-order chi connectivity index (χ0) is 13.5. The third kappa shape index (κ3) is 4.53. The lowest BCUT2D eigenvalue weighted by molar-refractivity contribution is -0.124. The molecule has 0 spiro atoms. The Morgan fingerprint density at radius 1 is 1.44 bits per heavy atom. The van der Waals surface area contributed by atoms with E-state index < -0.39 is 5.97 Å². The fraction of sp³-hybridized carbons (Fsp3) is 0.462. The molecular formula is C13H18N2O3. The largest absolute Gasteiger partial charge is 0.452 e. The predicted molar refractivity (Wildman–Crippen MR) is 67.2 cm³/mol. The van der Waals surface area contributed by atoms with Gasteiger partial charge in [-0.3, -0.25) is 9.78 Å². The molecule has 0 aliphatic heterocycles. The maximum Gasteiger partial charge on any atom is 0.340 e. The molecule has 1 atom stereocenters. The van der Waals surface area contributed by atoms with Crippen LogP contribution in [0.2, 0.25) is 0 Å². The van der Waals surface area contributed by atoms with E-state index in [0.717, 1.165) is 12.1 Å². The van der Waals surface area contributed by atoms with Gasteiger partial charge in [-0.2, -0.15) is 0 Å². The van der Waals surface area contributed by atoms with Crippen LogP contribution in [0.1, 0.15) is 36.3 Å². The first-order valence-electron chi connectivity index (χ1n) is 5.92. The molecule has 1 amide bonds. The van der Waals surface area contributed by atoms with Crippen LogP contribution in [-0.2, 0) is 9.53 Å². The van der Waals surface area contributed by atoms with Crippen molar-refractivity contribution in [3.05, 3.63) is 29.6 Å². The van der Waals surface area contributed by atoms with Gasteiger partial charge in [-0.1, -0.05) is 6.92 Å². The molecule has 0 bridgehead atoms. The van der Waals surface area contributed by atoms with E-state index in [1.54, 1.807) is 12.1 Å². The molecule has 0 saturated carbocycles. The average Bonchev–Trinajstić information content (AvgIpc) is 2.36. The van der Waals surface area contributed by atoms with Crippen molar-refractivity contribution in [1.29, 1.82) is 0 Å². The number of nitrogens with zero attached hydrogens (tertiary/aromatic N) is 1. The highest BCUT2D eigenvalue weighted by Gasteiger charge is 2.11. The molecule has 18 heavy (non-hydrogen) atoms. The summed E-state index contributed by atoms with van der Waals surface area (Å²) in [5, 5.41) is 2.71. The Morgan fingerprint density at radius 2 is 2.17 bits per heavy atom. The van der Waals surface area contributed by atoms with E-state index >= 15 is 0 Å². The smallest absolute Gasteiger partial charge is 0.340 e. The third-order valence-corrected chi connectivity index (χ3v) is 2.50. The number of hydrogen-bond donors (Lipinski definition) is 1. The second-order valence-corrected chi connectivity index (χ2v) is 4.14. The predicted octanol–water partition coefficient (Wildman–Crippen LogP) is 1.46. The summed E-state index contributed by atoms with van der Waals surface area (Å²) in [5.41, 5.74) is 1.16. The van der Waals surface area contributed by atoms with Crippen LogP contribution in [0.5, 0.6) is 0 Å². The number of ether oxygens (including phenoxy) is 1. The number of esters is 1. The number of hydrogen-bond acceptors (Lipinski definition) is 4. The van der Waals surface area contributed by atoms with Gasteiger partial charge in [0.2, 0.25) is 0 Å². The van der Waals surface area contributed by atoms with Gasteiger partial charge in [0.1, 0.15) is 0 Å². The minimum atomic E-state index is -0.540. The Morgan fingerprint density at radius 3 is 2.72 bits per heavy atom. The summed E-state index contributed by atoms with van der Waals surface area (Å²) < 4.78 is 4.88. The highest BCUT2D eigenvalue weighted by Crippen LogP contribution is 2.01. The summed E-state index contributed by atoms with van der Waals surface area (Å²) in [5.74, 6) is -0.834. The number of amides is 1. The van der Waals surface area contributed by atoms with Gasteiger partial charge in [0.25, 0.3) is 5.91 Å². The van der Waals surface area contributed by atoms with Gasteiger partial charge < -0.3 is 10.1 Å². The van der Waals surface area contributed by atoms with Gasteiger partial charge in [-0.25, -0.2) is 4.79 Å². The quantitative estimate of drug-likeness (QED) is 0.803.